The van der Waals surface area contributed by atoms with Crippen LogP contribution in [0.2, 0.25) is 5.02 Å². The van der Waals surface area contributed by atoms with Crippen LogP contribution in [0.4, 0.5) is 0 Å². The normalized spacial score (nSPS) is 16.4. The molecule has 0 amide bonds. The van der Waals surface area contributed by atoms with Crippen molar-refractivity contribution in [3.8, 4) is 0 Å². The molecule has 5 nitrogen and oxygen atoms in total. The number of nitrogens with zero attached hydrogens (tertiary/aromatic N) is 4. The van der Waals surface area contributed by atoms with Gasteiger partial charge in [0.25, 0.3) is 0 Å². The predicted molar refractivity (Wildman–Crippen MR) is 127 cm³/mol. The van der Waals surface area contributed by atoms with E-state index in [0.717, 1.165) is 43.2 Å². The topological polar surface area (TPSA) is 48.0 Å². The van der Waals surface area contributed by atoms with E-state index < -0.39 is 0 Å². The maximum absolute atomic E-state index is 6.11. The van der Waals surface area contributed by atoms with Gasteiger partial charge in [-0.05, 0) is 68.6 Å². The van der Waals surface area contributed by atoms with Crippen LogP contribution >= 0.6 is 11.6 Å². The average molecular weight is 438 g/mol. The van der Waals surface area contributed by atoms with Crippen molar-refractivity contribution >= 4 is 11.6 Å². The van der Waals surface area contributed by atoms with Gasteiger partial charge in [-0.2, -0.15) is 0 Å². The Morgan fingerprint density at radius 3 is 2.39 bits per heavy atom. The van der Waals surface area contributed by atoms with E-state index >= 15 is 0 Å². The summed E-state index contributed by atoms with van der Waals surface area (Å²) in [5.41, 5.74) is 3.67. The summed E-state index contributed by atoms with van der Waals surface area (Å²) >= 11 is 6.11. The molecule has 1 fully saturated rings. The zero-order chi connectivity index (χ0) is 21.3. The summed E-state index contributed by atoms with van der Waals surface area (Å²) in [4.78, 5) is 17.1. The molecule has 1 aliphatic heterocycles. The number of nitrogens with one attached hydrogen (secondary N) is 1. The van der Waals surface area contributed by atoms with Crippen molar-refractivity contribution in [1.82, 2.24) is 24.8 Å². The number of rotatable bonds is 10. The highest BCUT2D eigenvalue weighted by atomic mass is 35.5. The highest BCUT2D eigenvalue weighted by Crippen LogP contribution is 2.28. The molecule has 0 spiro atoms. The van der Waals surface area contributed by atoms with E-state index in [-0.39, 0.29) is 0 Å². The number of hydrogen-bond acceptors (Lipinski definition) is 4. The van der Waals surface area contributed by atoms with Crippen LogP contribution < -0.4 is 0 Å². The molecule has 1 N–H and O–H groups in total. The number of aryl methyl sites for hydroxylation is 1. The third-order valence-electron chi connectivity index (χ3n) is 6.24. The van der Waals surface area contributed by atoms with Crippen molar-refractivity contribution in [2.45, 2.75) is 31.6 Å². The van der Waals surface area contributed by atoms with Crippen molar-refractivity contribution in [1.29, 1.82) is 0 Å². The molecule has 2 aromatic heterocycles. The number of halogens is 1. The summed E-state index contributed by atoms with van der Waals surface area (Å²) in [5, 5.41) is 0.782. The number of piperazine rings is 1. The number of unbranched alkanes of at least 4 members (excludes halogenated alkanes) is 1. The van der Waals surface area contributed by atoms with Crippen LogP contribution in [0.1, 0.15) is 42.1 Å². The molecule has 0 saturated carbocycles. The van der Waals surface area contributed by atoms with Crippen LogP contribution in [0.5, 0.6) is 0 Å². The third kappa shape index (κ3) is 6.63. The lowest BCUT2D eigenvalue weighted by atomic mass is 9.91. The molecule has 1 saturated heterocycles. The molecule has 1 unspecified atom stereocenters. The Morgan fingerprint density at radius 2 is 1.71 bits per heavy atom. The van der Waals surface area contributed by atoms with E-state index in [9.17, 15) is 0 Å². The minimum Gasteiger partial charge on any atom is -0.348 e. The summed E-state index contributed by atoms with van der Waals surface area (Å²) in [6.07, 6.45) is 10.2. The van der Waals surface area contributed by atoms with Crippen LogP contribution in [0.15, 0.2) is 61.2 Å². The fraction of sp³-hybridized carbons (Fsp3) is 0.440. The van der Waals surface area contributed by atoms with Crippen LogP contribution in [0.25, 0.3) is 0 Å². The molecule has 6 heteroatoms. The number of aromatic nitrogens is 3. The first kappa shape index (κ1) is 22.0. The number of imidazole rings is 1. The zero-order valence-electron chi connectivity index (χ0n) is 18.1. The van der Waals surface area contributed by atoms with E-state index in [0.29, 0.717) is 5.92 Å². The first-order chi connectivity index (χ1) is 15.3. The molecule has 0 bridgehead atoms. The molecule has 164 valence electrons. The van der Waals surface area contributed by atoms with Gasteiger partial charge in [-0.15, -0.1) is 0 Å². The molecule has 0 radical (unpaired) electrons. The maximum atomic E-state index is 6.11. The summed E-state index contributed by atoms with van der Waals surface area (Å²) in [7, 11) is 0. The quantitative estimate of drug-likeness (QED) is 0.470. The highest BCUT2D eigenvalue weighted by molar-refractivity contribution is 6.30. The number of pyridine rings is 1. The van der Waals surface area contributed by atoms with Crippen LogP contribution in [0, 0.1) is 0 Å². The van der Waals surface area contributed by atoms with Gasteiger partial charge >= 0.3 is 0 Å². The monoisotopic (exact) mass is 437 g/mol. The van der Waals surface area contributed by atoms with E-state index in [1.807, 2.05) is 30.6 Å². The van der Waals surface area contributed by atoms with E-state index in [4.69, 9.17) is 11.6 Å². The molecule has 0 aliphatic carbocycles. The van der Waals surface area contributed by atoms with Crippen LogP contribution in [-0.2, 0) is 6.42 Å². The van der Waals surface area contributed by atoms with Gasteiger partial charge in [0, 0.05) is 60.9 Å². The fourth-order valence-electron chi connectivity index (χ4n) is 4.38. The van der Waals surface area contributed by atoms with Gasteiger partial charge in [0.05, 0.1) is 6.33 Å². The first-order valence-corrected chi connectivity index (χ1v) is 11.7. The van der Waals surface area contributed by atoms with E-state index in [2.05, 4.69) is 49.0 Å². The lowest BCUT2D eigenvalue weighted by Gasteiger charge is -2.35. The molecular weight excluding hydrogens is 406 g/mol. The zero-order valence-corrected chi connectivity index (χ0v) is 18.8. The summed E-state index contributed by atoms with van der Waals surface area (Å²) in [6, 6.07) is 14.5. The van der Waals surface area contributed by atoms with Gasteiger partial charge in [0.1, 0.15) is 0 Å². The SMILES string of the molecule is Clc1ccc(C(CCN2CCN(CCCCc3cnc[nH]3)CC2)c2ccccn2)cc1. The largest absolute Gasteiger partial charge is 0.348 e. The lowest BCUT2D eigenvalue weighted by molar-refractivity contribution is 0.129. The van der Waals surface area contributed by atoms with Gasteiger partial charge in [-0.1, -0.05) is 29.8 Å². The van der Waals surface area contributed by atoms with E-state index in [1.54, 1.807) is 6.33 Å². The standard InChI is InChI=1S/C25H32ClN5/c26-22-9-7-21(8-10-22)24(25-6-1-3-12-28-25)11-14-31-17-15-30(16-18-31)13-4-2-5-23-19-27-20-29-23/h1,3,6-10,12,19-20,24H,2,4-5,11,13-18H2,(H,27,29). The maximum Gasteiger partial charge on any atom is 0.0921 e. The Morgan fingerprint density at radius 1 is 0.935 bits per heavy atom. The van der Waals surface area contributed by atoms with Crippen molar-refractivity contribution in [2.24, 2.45) is 0 Å². The van der Waals surface area contributed by atoms with Crippen molar-refractivity contribution < 1.29 is 0 Å². The van der Waals surface area contributed by atoms with Crippen LogP contribution in [0.3, 0.4) is 0 Å². The summed E-state index contributed by atoms with van der Waals surface area (Å²) < 4.78 is 0. The predicted octanol–water partition coefficient (Wildman–Crippen LogP) is 4.62. The Hall–Kier alpha value is -2.21. The van der Waals surface area contributed by atoms with Gasteiger partial charge in [-0.3, -0.25) is 4.98 Å². The summed E-state index contributed by atoms with van der Waals surface area (Å²) in [5.74, 6) is 0.305. The molecule has 1 aliphatic rings. The molecule has 1 atom stereocenters. The number of aromatic amines is 1. The van der Waals surface area contributed by atoms with Gasteiger partial charge in [0.15, 0.2) is 0 Å². The molecule has 4 rings (SSSR count). The molecule has 3 aromatic rings. The average Bonchev–Trinajstić information content (AvgIpc) is 3.33. The second-order valence-corrected chi connectivity index (χ2v) is 8.80. The van der Waals surface area contributed by atoms with E-state index in [1.165, 1.54) is 43.7 Å². The minimum absolute atomic E-state index is 0.305. The van der Waals surface area contributed by atoms with Crippen molar-refractivity contribution in [3.05, 3.63) is 83.2 Å². The fourth-order valence-corrected chi connectivity index (χ4v) is 4.51. The second kappa shape index (κ2) is 11.4. The van der Waals surface area contributed by atoms with Crippen LogP contribution in [-0.4, -0.2) is 64.0 Å². The molecule has 1 aromatic carbocycles. The minimum atomic E-state index is 0.305. The Balaban J connectivity index is 1.23. The first-order valence-electron chi connectivity index (χ1n) is 11.4. The molecule has 3 heterocycles. The third-order valence-corrected chi connectivity index (χ3v) is 6.49. The number of hydrogen-bond donors (Lipinski definition) is 1. The number of H-pyrrole nitrogens is 1. The van der Waals surface area contributed by atoms with Crippen molar-refractivity contribution in [3.63, 3.8) is 0 Å². The van der Waals surface area contributed by atoms with Gasteiger partial charge in [0.2, 0.25) is 0 Å². The smallest absolute Gasteiger partial charge is 0.0921 e. The summed E-state index contributed by atoms with van der Waals surface area (Å²) in [6.45, 7) is 6.92. The highest BCUT2D eigenvalue weighted by Gasteiger charge is 2.20. The van der Waals surface area contributed by atoms with Crippen molar-refractivity contribution in [2.75, 3.05) is 39.3 Å². The Bertz CT molecular complexity index is 874. The molecule has 31 heavy (non-hydrogen) atoms. The second-order valence-electron chi connectivity index (χ2n) is 8.36. The Labute approximate surface area is 190 Å². The van der Waals surface area contributed by atoms with Gasteiger partial charge in [-0.25, -0.2) is 4.98 Å². The number of benzene rings is 1. The Kier molecular flexibility index (Phi) is 8.11. The lowest BCUT2D eigenvalue weighted by Crippen LogP contribution is -2.46. The molecular formula is C25H32ClN5. The van der Waals surface area contributed by atoms with Gasteiger partial charge < -0.3 is 14.8 Å².